The third-order valence-corrected chi connectivity index (χ3v) is 2.94. The van der Waals surface area contributed by atoms with Gasteiger partial charge in [0.2, 0.25) is 5.91 Å². The van der Waals surface area contributed by atoms with Crippen molar-refractivity contribution in [1.29, 1.82) is 0 Å². The normalized spacial score (nSPS) is 11.8. The Morgan fingerprint density at radius 2 is 2.00 bits per heavy atom. The summed E-state index contributed by atoms with van der Waals surface area (Å²) >= 11 is 0. The van der Waals surface area contributed by atoms with Gasteiger partial charge in [0, 0.05) is 24.8 Å². The molecular formula is C15H17N3O. The van der Waals surface area contributed by atoms with Gasteiger partial charge in [0.15, 0.2) is 0 Å². The molecule has 0 fully saturated rings. The molecule has 0 saturated heterocycles. The maximum Gasteiger partial charge on any atom is 0.224 e. The molecule has 0 spiro atoms. The van der Waals surface area contributed by atoms with Gasteiger partial charge in [-0.15, -0.1) is 0 Å². The molecule has 0 aliphatic heterocycles. The Kier molecular flexibility index (Phi) is 4.61. The monoisotopic (exact) mass is 255 g/mol. The predicted molar refractivity (Wildman–Crippen MR) is 73.4 cm³/mol. The Balaban J connectivity index is 1.97. The van der Waals surface area contributed by atoms with Gasteiger partial charge in [-0.05, 0) is 35.7 Å². The van der Waals surface area contributed by atoms with Crippen LogP contribution in [0.2, 0.25) is 0 Å². The average Bonchev–Trinajstić information content (AvgIpc) is 2.47. The Bertz CT molecular complexity index is 513. The summed E-state index contributed by atoms with van der Waals surface area (Å²) in [6, 6.07) is 7.63. The van der Waals surface area contributed by atoms with Crippen molar-refractivity contribution in [3.63, 3.8) is 0 Å². The van der Waals surface area contributed by atoms with Crippen LogP contribution in [0.25, 0.3) is 0 Å². The van der Waals surface area contributed by atoms with E-state index in [1.807, 2.05) is 24.3 Å². The van der Waals surface area contributed by atoms with Crippen LogP contribution in [0.1, 0.15) is 30.5 Å². The first-order valence-corrected chi connectivity index (χ1v) is 6.37. The standard InChI is InChI=1S/C15H17N3O/c1-2-14(13-5-8-16-9-6-13)18-15(19)10-12-4-3-7-17-11-12/h3-9,11,14H,2,10H2,1H3,(H,18,19). The van der Waals surface area contributed by atoms with Gasteiger partial charge in [0.25, 0.3) is 0 Å². The van der Waals surface area contributed by atoms with Crippen LogP contribution < -0.4 is 5.32 Å². The van der Waals surface area contributed by atoms with Gasteiger partial charge in [0.05, 0.1) is 12.5 Å². The van der Waals surface area contributed by atoms with E-state index in [-0.39, 0.29) is 11.9 Å². The van der Waals surface area contributed by atoms with Gasteiger partial charge in [-0.2, -0.15) is 0 Å². The fraction of sp³-hybridized carbons (Fsp3) is 0.267. The highest BCUT2D eigenvalue weighted by molar-refractivity contribution is 5.78. The number of carbonyl (C=O) groups is 1. The number of amides is 1. The summed E-state index contributed by atoms with van der Waals surface area (Å²) in [5.41, 5.74) is 2.00. The summed E-state index contributed by atoms with van der Waals surface area (Å²) in [5, 5.41) is 3.04. The highest BCUT2D eigenvalue weighted by Gasteiger charge is 2.12. The van der Waals surface area contributed by atoms with Gasteiger partial charge < -0.3 is 5.32 Å². The SMILES string of the molecule is CCC(NC(=O)Cc1cccnc1)c1ccncc1. The number of hydrogen-bond acceptors (Lipinski definition) is 3. The van der Waals surface area contributed by atoms with E-state index < -0.39 is 0 Å². The van der Waals surface area contributed by atoms with E-state index in [1.54, 1.807) is 24.8 Å². The second-order valence-electron chi connectivity index (χ2n) is 4.35. The van der Waals surface area contributed by atoms with Gasteiger partial charge in [-0.1, -0.05) is 13.0 Å². The minimum Gasteiger partial charge on any atom is -0.349 e. The van der Waals surface area contributed by atoms with Crippen molar-refractivity contribution in [3.05, 3.63) is 60.2 Å². The van der Waals surface area contributed by atoms with Crippen molar-refractivity contribution in [1.82, 2.24) is 15.3 Å². The molecule has 0 aliphatic carbocycles. The van der Waals surface area contributed by atoms with Crippen molar-refractivity contribution < 1.29 is 4.79 Å². The molecule has 1 N–H and O–H groups in total. The second-order valence-corrected chi connectivity index (χ2v) is 4.35. The van der Waals surface area contributed by atoms with Gasteiger partial charge in [-0.3, -0.25) is 14.8 Å². The first-order valence-electron chi connectivity index (χ1n) is 6.37. The molecule has 0 saturated carbocycles. The largest absolute Gasteiger partial charge is 0.349 e. The molecule has 19 heavy (non-hydrogen) atoms. The zero-order valence-corrected chi connectivity index (χ0v) is 10.9. The molecule has 2 aromatic heterocycles. The lowest BCUT2D eigenvalue weighted by Crippen LogP contribution is -2.29. The Morgan fingerprint density at radius 3 is 2.63 bits per heavy atom. The summed E-state index contributed by atoms with van der Waals surface area (Å²) in [6.45, 7) is 2.05. The second kappa shape index (κ2) is 6.64. The molecular weight excluding hydrogens is 238 g/mol. The van der Waals surface area contributed by atoms with Crippen molar-refractivity contribution in [3.8, 4) is 0 Å². The summed E-state index contributed by atoms with van der Waals surface area (Å²) in [4.78, 5) is 20.0. The quantitative estimate of drug-likeness (QED) is 0.891. The van der Waals surface area contributed by atoms with Gasteiger partial charge >= 0.3 is 0 Å². The van der Waals surface area contributed by atoms with Gasteiger partial charge in [0.1, 0.15) is 0 Å². The molecule has 1 amide bonds. The molecule has 2 heterocycles. The molecule has 0 bridgehead atoms. The number of aromatic nitrogens is 2. The minimum absolute atomic E-state index is 0.0108. The number of nitrogens with one attached hydrogen (secondary N) is 1. The molecule has 0 aliphatic rings. The van der Waals surface area contributed by atoms with Gasteiger partial charge in [-0.25, -0.2) is 0 Å². The summed E-state index contributed by atoms with van der Waals surface area (Å²) < 4.78 is 0. The van der Waals surface area contributed by atoms with E-state index in [1.165, 1.54) is 0 Å². The zero-order chi connectivity index (χ0) is 13.5. The molecule has 0 aromatic carbocycles. The zero-order valence-electron chi connectivity index (χ0n) is 10.9. The lowest BCUT2D eigenvalue weighted by Gasteiger charge is -2.17. The van der Waals surface area contributed by atoms with Crippen LogP contribution in [0.3, 0.4) is 0 Å². The van der Waals surface area contributed by atoms with E-state index in [0.717, 1.165) is 17.5 Å². The van der Waals surface area contributed by atoms with Crippen LogP contribution in [0.5, 0.6) is 0 Å². The topological polar surface area (TPSA) is 54.9 Å². The average molecular weight is 255 g/mol. The van der Waals surface area contributed by atoms with Crippen molar-refractivity contribution in [2.24, 2.45) is 0 Å². The smallest absolute Gasteiger partial charge is 0.224 e. The molecule has 1 atom stereocenters. The molecule has 4 heteroatoms. The Hall–Kier alpha value is -2.23. The molecule has 1 unspecified atom stereocenters. The highest BCUT2D eigenvalue weighted by Crippen LogP contribution is 2.15. The van der Waals surface area contributed by atoms with Crippen LogP contribution in [-0.4, -0.2) is 15.9 Å². The van der Waals surface area contributed by atoms with E-state index in [9.17, 15) is 4.79 Å². The number of rotatable bonds is 5. The van der Waals surface area contributed by atoms with Crippen LogP contribution in [-0.2, 0) is 11.2 Å². The van der Waals surface area contributed by atoms with Crippen LogP contribution >= 0.6 is 0 Å². The number of hydrogen-bond donors (Lipinski definition) is 1. The maximum absolute atomic E-state index is 12.0. The number of carbonyl (C=O) groups excluding carboxylic acids is 1. The maximum atomic E-state index is 12.0. The Labute approximate surface area is 112 Å². The molecule has 0 radical (unpaired) electrons. The minimum atomic E-state index is 0.0108. The summed E-state index contributed by atoms with van der Waals surface area (Å²) in [7, 11) is 0. The molecule has 4 nitrogen and oxygen atoms in total. The van der Waals surface area contributed by atoms with Crippen molar-refractivity contribution >= 4 is 5.91 Å². The Morgan fingerprint density at radius 1 is 1.21 bits per heavy atom. The summed E-state index contributed by atoms with van der Waals surface area (Å²) in [5.74, 6) is 0.0108. The first kappa shape index (κ1) is 13.2. The molecule has 98 valence electrons. The lowest BCUT2D eigenvalue weighted by atomic mass is 10.1. The fourth-order valence-corrected chi connectivity index (χ4v) is 1.95. The first-order chi connectivity index (χ1) is 9.29. The van der Waals surface area contributed by atoms with Crippen LogP contribution in [0.4, 0.5) is 0 Å². The lowest BCUT2D eigenvalue weighted by molar-refractivity contribution is -0.121. The van der Waals surface area contributed by atoms with Crippen molar-refractivity contribution in [2.45, 2.75) is 25.8 Å². The number of pyridine rings is 2. The van der Waals surface area contributed by atoms with E-state index >= 15 is 0 Å². The van der Waals surface area contributed by atoms with E-state index in [4.69, 9.17) is 0 Å². The summed E-state index contributed by atoms with van der Waals surface area (Å²) in [6.07, 6.45) is 8.11. The number of nitrogens with zero attached hydrogens (tertiary/aromatic N) is 2. The van der Waals surface area contributed by atoms with E-state index in [0.29, 0.717) is 6.42 Å². The van der Waals surface area contributed by atoms with Crippen LogP contribution in [0.15, 0.2) is 49.1 Å². The predicted octanol–water partition coefficient (Wildman–Crippen LogP) is 2.29. The van der Waals surface area contributed by atoms with Crippen LogP contribution in [0, 0.1) is 0 Å². The molecule has 2 aromatic rings. The third kappa shape index (κ3) is 3.88. The van der Waals surface area contributed by atoms with E-state index in [2.05, 4.69) is 22.2 Å². The van der Waals surface area contributed by atoms with Crippen molar-refractivity contribution in [2.75, 3.05) is 0 Å². The fourth-order valence-electron chi connectivity index (χ4n) is 1.95. The third-order valence-electron chi connectivity index (χ3n) is 2.94. The molecule has 2 rings (SSSR count). The highest BCUT2D eigenvalue weighted by atomic mass is 16.1.